The average Bonchev–Trinajstić information content (AvgIpc) is 2.39. The van der Waals surface area contributed by atoms with E-state index >= 15 is 0 Å². The quantitative estimate of drug-likeness (QED) is 0.716. The van der Waals surface area contributed by atoms with Crippen molar-refractivity contribution < 1.29 is 0 Å². The van der Waals surface area contributed by atoms with E-state index in [0.29, 0.717) is 0 Å². The second-order valence-corrected chi connectivity index (χ2v) is 5.10. The molecule has 0 radical (unpaired) electrons. The fourth-order valence-electron chi connectivity index (χ4n) is 3.13. The molecule has 16 heavy (non-hydrogen) atoms. The number of pyridine rings is 1. The van der Waals surface area contributed by atoms with Crippen molar-refractivity contribution in [3.63, 3.8) is 0 Å². The Hall–Kier alpha value is -0.890. The molecule has 2 heterocycles. The lowest BCUT2D eigenvalue weighted by molar-refractivity contribution is 0.149. The zero-order valence-electron chi connectivity index (χ0n) is 9.86. The first-order valence-corrected chi connectivity index (χ1v) is 6.60. The highest BCUT2D eigenvalue weighted by molar-refractivity contribution is 5.23. The Morgan fingerprint density at radius 1 is 1.19 bits per heavy atom. The lowest BCUT2D eigenvalue weighted by atomic mass is 9.90. The highest BCUT2D eigenvalue weighted by Crippen LogP contribution is 2.24. The van der Waals surface area contributed by atoms with Crippen molar-refractivity contribution in [3.05, 3.63) is 29.6 Å². The van der Waals surface area contributed by atoms with Crippen molar-refractivity contribution in [3.8, 4) is 0 Å². The number of aromatic nitrogens is 1. The lowest BCUT2D eigenvalue weighted by Crippen LogP contribution is -2.42. The minimum Gasteiger partial charge on any atom is -0.300 e. The molecule has 0 N–H and O–H groups in total. The predicted octanol–water partition coefficient (Wildman–Crippen LogP) is 2.42. The van der Waals surface area contributed by atoms with Gasteiger partial charge >= 0.3 is 0 Å². The van der Waals surface area contributed by atoms with Crippen molar-refractivity contribution in [2.45, 2.75) is 44.6 Å². The number of piperidine rings is 1. The topological polar surface area (TPSA) is 16.1 Å². The summed E-state index contributed by atoms with van der Waals surface area (Å²) in [6.45, 7) is 2.62. The molecule has 1 aromatic heterocycles. The van der Waals surface area contributed by atoms with E-state index in [2.05, 4.69) is 22.0 Å². The number of likely N-dealkylation sites (tertiary alicyclic amines) is 1. The maximum atomic E-state index is 4.54. The zero-order chi connectivity index (χ0) is 10.8. The smallest absolute Gasteiger partial charge is 0.0451 e. The third kappa shape index (κ3) is 1.99. The summed E-state index contributed by atoms with van der Waals surface area (Å²) in [6, 6.07) is 5.08. The second kappa shape index (κ2) is 4.54. The zero-order valence-corrected chi connectivity index (χ0v) is 9.86. The van der Waals surface area contributed by atoms with Crippen LogP contribution in [0.5, 0.6) is 0 Å². The van der Waals surface area contributed by atoms with Crippen molar-refractivity contribution >= 4 is 0 Å². The summed E-state index contributed by atoms with van der Waals surface area (Å²) in [4.78, 5) is 7.23. The largest absolute Gasteiger partial charge is 0.300 e. The first-order valence-electron chi connectivity index (χ1n) is 6.60. The van der Waals surface area contributed by atoms with Crippen molar-refractivity contribution in [2.24, 2.45) is 0 Å². The summed E-state index contributed by atoms with van der Waals surface area (Å²) >= 11 is 0. The standard InChI is InChI=1S/C14H20N2/c1-2-9-16(10-3-1)13-7-6-12-5-4-8-15-14(12)11-13/h4-5,8,13H,1-3,6-7,9-11H2. The maximum Gasteiger partial charge on any atom is 0.0451 e. The van der Waals surface area contributed by atoms with E-state index in [4.69, 9.17) is 0 Å². The Labute approximate surface area is 97.7 Å². The predicted molar refractivity (Wildman–Crippen MR) is 65.5 cm³/mol. The van der Waals surface area contributed by atoms with Gasteiger partial charge in [-0.2, -0.15) is 0 Å². The van der Waals surface area contributed by atoms with Crippen LogP contribution in [0.2, 0.25) is 0 Å². The molecule has 1 aliphatic carbocycles. The minimum atomic E-state index is 0.766. The fraction of sp³-hybridized carbons (Fsp3) is 0.643. The molecule has 0 bridgehead atoms. The SMILES string of the molecule is c1cnc2c(c1)CCC(N1CCCCC1)C2. The van der Waals surface area contributed by atoms with Gasteiger partial charge in [-0.05, 0) is 50.4 Å². The molecular weight excluding hydrogens is 196 g/mol. The Kier molecular flexibility index (Phi) is 2.92. The molecule has 1 aliphatic heterocycles. The first-order chi connectivity index (χ1) is 7.93. The molecule has 1 fully saturated rings. The number of fused-ring (bicyclic) bond motifs is 1. The minimum absolute atomic E-state index is 0.766. The van der Waals surface area contributed by atoms with Gasteiger partial charge in [0.1, 0.15) is 0 Å². The fourth-order valence-corrected chi connectivity index (χ4v) is 3.13. The van der Waals surface area contributed by atoms with Gasteiger partial charge < -0.3 is 0 Å². The maximum absolute atomic E-state index is 4.54. The van der Waals surface area contributed by atoms with Crippen LogP contribution in [-0.4, -0.2) is 29.0 Å². The summed E-state index contributed by atoms with van der Waals surface area (Å²) in [5.41, 5.74) is 2.83. The monoisotopic (exact) mass is 216 g/mol. The van der Waals surface area contributed by atoms with Gasteiger partial charge in [0.15, 0.2) is 0 Å². The molecule has 1 unspecified atom stereocenters. The Morgan fingerprint density at radius 3 is 2.94 bits per heavy atom. The van der Waals surface area contributed by atoms with Crippen LogP contribution in [0.15, 0.2) is 18.3 Å². The molecule has 1 aromatic rings. The molecule has 2 nitrogen and oxygen atoms in total. The number of nitrogens with zero attached hydrogens (tertiary/aromatic N) is 2. The van der Waals surface area contributed by atoms with E-state index in [1.54, 1.807) is 0 Å². The molecule has 0 saturated carbocycles. The average molecular weight is 216 g/mol. The summed E-state index contributed by atoms with van der Waals surface area (Å²) in [6.07, 6.45) is 9.89. The normalized spacial score (nSPS) is 26.4. The van der Waals surface area contributed by atoms with Crippen LogP contribution in [0.25, 0.3) is 0 Å². The van der Waals surface area contributed by atoms with E-state index < -0.39 is 0 Å². The van der Waals surface area contributed by atoms with E-state index in [1.807, 2.05) is 6.20 Å². The van der Waals surface area contributed by atoms with Crippen LogP contribution in [0.3, 0.4) is 0 Å². The van der Waals surface area contributed by atoms with Gasteiger partial charge in [-0.3, -0.25) is 9.88 Å². The van der Waals surface area contributed by atoms with Gasteiger partial charge in [0.05, 0.1) is 0 Å². The number of hydrogen-bond donors (Lipinski definition) is 0. The molecule has 1 saturated heterocycles. The van der Waals surface area contributed by atoms with Crippen molar-refractivity contribution in [2.75, 3.05) is 13.1 Å². The molecule has 2 heteroatoms. The second-order valence-electron chi connectivity index (χ2n) is 5.10. The van der Waals surface area contributed by atoms with Gasteiger partial charge in [0.2, 0.25) is 0 Å². The molecule has 2 aliphatic rings. The molecule has 0 amide bonds. The molecule has 86 valence electrons. The van der Waals surface area contributed by atoms with Gasteiger partial charge in [0.25, 0.3) is 0 Å². The van der Waals surface area contributed by atoms with E-state index in [1.165, 1.54) is 62.9 Å². The van der Waals surface area contributed by atoms with Crippen LogP contribution in [0.4, 0.5) is 0 Å². The van der Waals surface area contributed by atoms with Crippen LogP contribution in [-0.2, 0) is 12.8 Å². The number of hydrogen-bond acceptors (Lipinski definition) is 2. The highest BCUT2D eigenvalue weighted by Gasteiger charge is 2.25. The van der Waals surface area contributed by atoms with E-state index in [9.17, 15) is 0 Å². The third-order valence-corrected chi connectivity index (χ3v) is 4.07. The number of aryl methyl sites for hydroxylation is 1. The Morgan fingerprint density at radius 2 is 2.06 bits per heavy atom. The molecule has 0 spiro atoms. The molecule has 3 rings (SSSR count). The van der Waals surface area contributed by atoms with Gasteiger partial charge in [-0.1, -0.05) is 12.5 Å². The van der Waals surface area contributed by atoms with Gasteiger partial charge in [-0.25, -0.2) is 0 Å². The van der Waals surface area contributed by atoms with Crippen molar-refractivity contribution in [1.82, 2.24) is 9.88 Å². The Balaban J connectivity index is 1.72. The highest BCUT2D eigenvalue weighted by atomic mass is 15.2. The lowest BCUT2D eigenvalue weighted by Gasteiger charge is -2.37. The summed E-state index contributed by atoms with van der Waals surface area (Å²) < 4.78 is 0. The van der Waals surface area contributed by atoms with Crippen LogP contribution >= 0.6 is 0 Å². The van der Waals surface area contributed by atoms with E-state index in [-0.39, 0.29) is 0 Å². The summed E-state index contributed by atoms with van der Waals surface area (Å²) in [5.74, 6) is 0. The van der Waals surface area contributed by atoms with Crippen molar-refractivity contribution in [1.29, 1.82) is 0 Å². The van der Waals surface area contributed by atoms with Crippen LogP contribution < -0.4 is 0 Å². The van der Waals surface area contributed by atoms with Crippen LogP contribution in [0, 0.1) is 0 Å². The summed E-state index contributed by atoms with van der Waals surface area (Å²) in [5, 5.41) is 0. The molecule has 1 atom stereocenters. The third-order valence-electron chi connectivity index (χ3n) is 4.07. The van der Waals surface area contributed by atoms with Crippen LogP contribution in [0.1, 0.15) is 36.9 Å². The van der Waals surface area contributed by atoms with E-state index in [0.717, 1.165) is 6.04 Å². The molecule has 0 aromatic carbocycles. The first kappa shape index (κ1) is 10.3. The van der Waals surface area contributed by atoms with Gasteiger partial charge in [0, 0.05) is 24.4 Å². The number of rotatable bonds is 1. The Bertz CT molecular complexity index is 356. The van der Waals surface area contributed by atoms with Gasteiger partial charge in [-0.15, -0.1) is 0 Å². The molecular formula is C14H20N2. The summed E-state index contributed by atoms with van der Waals surface area (Å²) in [7, 11) is 0.